The number of carboxylic acids is 1. The topological polar surface area (TPSA) is 111 Å². The molecule has 0 bridgehead atoms. The minimum absolute atomic E-state index is 0.214. The van der Waals surface area contributed by atoms with E-state index in [0.717, 1.165) is 23.9 Å². The van der Waals surface area contributed by atoms with E-state index in [2.05, 4.69) is 10.1 Å². The number of hydrogen-bond donors (Lipinski definition) is 2. The average Bonchev–Trinajstić information content (AvgIpc) is 2.90. The second kappa shape index (κ2) is 5.75. The van der Waals surface area contributed by atoms with Crippen molar-refractivity contribution in [3.05, 3.63) is 24.0 Å². The highest BCUT2D eigenvalue weighted by atomic mass is 16.4. The number of primary amides is 1. The molecule has 22 heavy (non-hydrogen) atoms. The predicted molar refractivity (Wildman–Crippen MR) is 79.1 cm³/mol. The highest BCUT2D eigenvalue weighted by Gasteiger charge is 2.26. The molecule has 0 radical (unpaired) electrons. The van der Waals surface area contributed by atoms with Crippen molar-refractivity contribution < 1.29 is 14.7 Å². The lowest BCUT2D eigenvalue weighted by molar-refractivity contribution is -0.143. The van der Waals surface area contributed by atoms with Crippen LogP contribution in [-0.2, 0) is 11.3 Å². The van der Waals surface area contributed by atoms with Crippen LogP contribution >= 0.6 is 0 Å². The van der Waals surface area contributed by atoms with Gasteiger partial charge in [-0.3, -0.25) is 19.3 Å². The Balaban J connectivity index is 1.75. The van der Waals surface area contributed by atoms with Gasteiger partial charge in [0.25, 0.3) is 0 Å². The van der Waals surface area contributed by atoms with Crippen LogP contribution < -0.4 is 5.73 Å². The number of aromatic nitrogens is 3. The van der Waals surface area contributed by atoms with Crippen LogP contribution in [0.4, 0.5) is 0 Å². The molecule has 116 valence electrons. The molecule has 0 spiro atoms. The van der Waals surface area contributed by atoms with Crippen LogP contribution in [0.25, 0.3) is 11.0 Å². The maximum atomic E-state index is 11.3. The van der Waals surface area contributed by atoms with E-state index in [9.17, 15) is 9.59 Å². The maximum Gasteiger partial charge on any atom is 0.306 e. The molecule has 7 nitrogen and oxygen atoms in total. The van der Waals surface area contributed by atoms with E-state index in [1.54, 1.807) is 12.3 Å². The number of rotatable bonds is 4. The average molecular weight is 302 g/mol. The molecule has 7 heteroatoms. The van der Waals surface area contributed by atoms with Crippen molar-refractivity contribution in [3.8, 4) is 0 Å². The van der Waals surface area contributed by atoms with Gasteiger partial charge in [0, 0.05) is 12.7 Å². The van der Waals surface area contributed by atoms with Crippen molar-refractivity contribution in [3.63, 3.8) is 0 Å². The first-order valence-corrected chi connectivity index (χ1v) is 7.38. The van der Waals surface area contributed by atoms with E-state index < -0.39 is 11.9 Å². The van der Waals surface area contributed by atoms with Gasteiger partial charge < -0.3 is 10.8 Å². The standard InChI is InChI=1S/C15H18N4O3/c16-14(20)11-5-13-12(17-6-11)7-18-19(13)8-9-1-3-10(4-2-9)15(21)22/h5-7,9-10H,1-4,8H2,(H2,16,20)(H,21,22)/t9-,10-. The molecule has 1 saturated carbocycles. The summed E-state index contributed by atoms with van der Waals surface area (Å²) in [5.74, 6) is -1.02. The third kappa shape index (κ3) is 2.79. The molecular weight excluding hydrogens is 284 g/mol. The van der Waals surface area contributed by atoms with Gasteiger partial charge in [0.05, 0.1) is 23.2 Å². The lowest BCUT2D eigenvalue weighted by atomic mass is 9.82. The van der Waals surface area contributed by atoms with Crippen molar-refractivity contribution in [2.24, 2.45) is 17.6 Å². The third-order valence-corrected chi connectivity index (χ3v) is 4.41. The first kappa shape index (κ1) is 14.5. The van der Waals surface area contributed by atoms with E-state index in [0.29, 0.717) is 30.9 Å². The van der Waals surface area contributed by atoms with Gasteiger partial charge in [0.15, 0.2) is 0 Å². The van der Waals surface area contributed by atoms with Gasteiger partial charge in [-0.2, -0.15) is 5.10 Å². The van der Waals surface area contributed by atoms with Gasteiger partial charge in [0.1, 0.15) is 5.52 Å². The number of carbonyl (C=O) groups excluding carboxylic acids is 1. The van der Waals surface area contributed by atoms with Crippen LogP contribution in [0.5, 0.6) is 0 Å². The monoisotopic (exact) mass is 302 g/mol. The summed E-state index contributed by atoms with van der Waals surface area (Å²) in [7, 11) is 0. The van der Waals surface area contributed by atoms with E-state index >= 15 is 0 Å². The molecule has 1 aliphatic carbocycles. The first-order chi connectivity index (χ1) is 10.5. The van der Waals surface area contributed by atoms with Crippen LogP contribution in [0.2, 0.25) is 0 Å². The highest BCUT2D eigenvalue weighted by Crippen LogP contribution is 2.30. The molecule has 0 saturated heterocycles. The fourth-order valence-electron chi connectivity index (χ4n) is 3.07. The molecule has 0 atom stereocenters. The van der Waals surface area contributed by atoms with Crippen LogP contribution in [-0.4, -0.2) is 31.7 Å². The number of pyridine rings is 1. The lowest BCUT2D eigenvalue weighted by Gasteiger charge is -2.26. The zero-order chi connectivity index (χ0) is 15.7. The molecule has 3 N–H and O–H groups in total. The molecule has 1 amide bonds. The Kier molecular flexibility index (Phi) is 3.79. The van der Waals surface area contributed by atoms with Gasteiger partial charge in [-0.25, -0.2) is 0 Å². The quantitative estimate of drug-likeness (QED) is 0.887. The maximum absolute atomic E-state index is 11.3. The molecule has 1 aliphatic rings. The Labute approximate surface area is 127 Å². The van der Waals surface area contributed by atoms with Gasteiger partial charge in [-0.05, 0) is 37.7 Å². The van der Waals surface area contributed by atoms with E-state index in [4.69, 9.17) is 10.8 Å². The summed E-state index contributed by atoms with van der Waals surface area (Å²) < 4.78 is 1.83. The van der Waals surface area contributed by atoms with Crippen molar-refractivity contribution in [1.29, 1.82) is 0 Å². The van der Waals surface area contributed by atoms with E-state index in [-0.39, 0.29) is 5.92 Å². The molecule has 0 aromatic carbocycles. The number of nitrogens with two attached hydrogens (primary N) is 1. The molecule has 2 aromatic heterocycles. The molecule has 2 heterocycles. The largest absolute Gasteiger partial charge is 0.481 e. The fourth-order valence-corrected chi connectivity index (χ4v) is 3.07. The number of carbonyl (C=O) groups is 2. The molecule has 2 aromatic rings. The van der Waals surface area contributed by atoms with E-state index in [1.807, 2.05) is 4.68 Å². The fraction of sp³-hybridized carbons (Fsp3) is 0.467. The number of aliphatic carboxylic acids is 1. The van der Waals surface area contributed by atoms with Crippen LogP contribution in [0.3, 0.4) is 0 Å². The van der Waals surface area contributed by atoms with Crippen LogP contribution in [0.15, 0.2) is 18.5 Å². The van der Waals surface area contributed by atoms with Crippen molar-refractivity contribution in [2.45, 2.75) is 32.2 Å². The Morgan fingerprint density at radius 1 is 1.27 bits per heavy atom. The zero-order valence-corrected chi connectivity index (χ0v) is 12.1. The molecule has 0 aliphatic heterocycles. The van der Waals surface area contributed by atoms with Crippen molar-refractivity contribution in [2.75, 3.05) is 0 Å². The summed E-state index contributed by atoms with van der Waals surface area (Å²) in [5.41, 5.74) is 7.17. The van der Waals surface area contributed by atoms with Crippen LogP contribution in [0, 0.1) is 11.8 Å². The first-order valence-electron chi connectivity index (χ1n) is 7.38. The summed E-state index contributed by atoms with van der Waals surface area (Å²) in [6.45, 7) is 0.708. The van der Waals surface area contributed by atoms with Crippen molar-refractivity contribution in [1.82, 2.24) is 14.8 Å². The number of fused-ring (bicyclic) bond motifs is 1. The Hall–Kier alpha value is -2.44. The van der Waals surface area contributed by atoms with Gasteiger partial charge in [0.2, 0.25) is 5.91 Å². The van der Waals surface area contributed by atoms with E-state index in [1.165, 1.54) is 6.20 Å². The zero-order valence-electron chi connectivity index (χ0n) is 12.1. The number of amides is 1. The summed E-state index contributed by atoms with van der Waals surface area (Å²) in [5, 5.41) is 13.4. The van der Waals surface area contributed by atoms with Gasteiger partial charge in [-0.1, -0.05) is 0 Å². The summed E-state index contributed by atoms with van der Waals surface area (Å²) in [6.07, 6.45) is 6.30. The lowest BCUT2D eigenvalue weighted by Crippen LogP contribution is -2.24. The third-order valence-electron chi connectivity index (χ3n) is 4.41. The Bertz CT molecular complexity index is 717. The minimum atomic E-state index is -0.696. The number of hydrogen-bond acceptors (Lipinski definition) is 4. The SMILES string of the molecule is NC(=O)c1cnc2cnn(C[C@H]3CC[C@H](C(=O)O)CC3)c2c1. The second-order valence-electron chi connectivity index (χ2n) is 5.88. The summed E-state index contributed by atoms with van der Waals surface area (Å²) >= 11 is 0. The number of carboxylic acid groups (broad SMARTS) is 1. The highest BCUT2D eigenvalue weighted by molar-refractivity contribution is 5.95. The van der Waals surface area contributed by atoms with Gasteiger partial charge in [-0.15, -0.1) is 0 Å². The smallest absolute Gasteiger partial charge is 0.306 e. The normalized spacial score (nSPS) is 21.8. The van der Waals surface area contributed by atoms with Gasteiger partial charge >= 0.3 is 5.97 Å². The molecule has 1 fully saturated rings. The molecular formula is C15H18N4O3. The number of nitrogens with zero attached hydrogens (tertiary/aromatic N) is 3. The second-order valence-corrected chi connectivity index (χ2v) is 5.88. The Morgan fingerprint density at radius 3 is 2.64 bits per heavy atom. The Morgan fingerprint density at radius 2 is 2.00 bits per heavy atom. The molecule has 0 unspecified atom stereocenters. The summed E-state index contributed by atoms with van der Waals surface area (Å²) in [4.78, 5) is 26.4. The molecule has 3 rings (SSSR count). The predicted octanol–water partition coefficient (Wildman–Crippen LogP) is 1.42. The summed E-state index contributed by atoms with van der Waals surface area (Å²) in [6, 6.07) is 1.71. The van der Waals surface area contributed by atoms with Crippen molar-refractivity contribution >= 4 is 22.9 Å². The minimum Gasteiger partial charge on any atom is -0.481 e. The van der Waals surface area contributed by atoms with Crippen LogP contribution in [0.1, 0.15) is 36.0 Å².